The second-order valence-corrected chi connectivity index (χ2v) is 10.6. The van der Waals surface area contributed by atoms with Crippen LogP contribution in [0.4, 0.5) is 0 Å². The van der Waals surface area contributed by atoms with Crippen LogP contribution >= 0.6 is 22.7 Å². The van der Waals surface area contributed by atoms with Gasteiger partial charge < -0.3 is 9.47 Å². The van der Waals surface area contributed by atoms with E-state index in [1.54, 1.807) is 47.1 Å². The molecule has 2 aromatic heterocycles. The summed E-state index contributed by atoms with van der Waals surface area (Å²) in [6.45, 7) is 7.92. The summed E-state index contributed by atoms with van der Waals surface area (Å²) in [7, 11) is 1.32. The first-order valence-corrected chi connectivity index (χ1v) is 12.8. The highest BCUT2D eigenvalue weighted by Gasteiger charge is 2.33. The van der Waals surface area contributed by atoms with Gasteiger partial charge in [0.1, 0.15) is 0 Å². The molecule has 182 valence electrons. The van der Waals surface area contributed by atoms with E-state index in [9.17, 15) is 14.4 Å². The summed E-state index contributed by atoms with van der Waals surface area (Å²) >= 11 is 2.85. The molecule has 4 rings (SSSR count). The Balaban J connectivity index is 1.90. The van der Waals surface area contributed by atoms with Gasteiger partial charge in [0.15, 0.2) is 4.80 Å². The molecular formula is C26H26N2O5S2. The maximum absolute atomic E-state index is 13.6. The van der Waals surface area contributed by atoms with E-state index in [0.717, 1.165) is 10.4 Å². The highest BCUT2D eigenvalue weighted by atomic mass is 32.1. The van der Waals surface area contributed by atoms with E-state index < -0.39 is 18.0 Å². The summed E-state index contributed by atoms with van der Waals surface area (Å²) in [6, 6.07) is 7.98. The Morgan fingerprint density at radius 1 is 1.14 bits per heavy atom. The molecule has 0 amide bonds. The highest BCUT2D eigenvalue weighted by molar-refractivity contribution is 7.11. The molecule has 9 heteroatoms. The van der Waals surface area contributed by atoms with Crippen LogP contribution in [0.3, 0.4) is 0 Å². The lowest BCUT2D eigenvalue weighted by Crippen LogP contribution is -2.40. The van der Waals surface area contributed by atoms with Gasteiger partial charge in [-0.3, -0.25) is 9.36 Å². The number of nitrogens with zero attached hydrogens (tertiary/aromatic N) is 2. The summed E-state index contributed by atoms with van der Waals surface area (Å²) in [5, 5.41) is 1.98. The van der Waals surface area contributed by atoms with Crippen molar-refractivity contribution >= 4 is 40.7 Å². The third kappa shape index (κ3) is 4.92. The number of rotatable bonds is 6. The van der Waals surface area contributed by atoms with Crippen molar-refractivity contribution in [3.63, 3.8) is 0 Å². The van der Waals surface area contributed by atoms with Gasteiger partial charge in [-0.25, -0.2) is 14.6 Å². The van der Waals surface area contributed by atoms with Crippen molar-refractivity contribution in [3.8, 4) is 0 Å². The fourth-order valence-corrected chi connectivity index (χ4v) is 5.75. The summed E-state index contributed by atoms with van der Waals surface area (Å²) < 4.78 is 12.4. The number of methoxy groups -OCH3 is 1. The molecule has 1 aromatic carbocycles. The van der Waals surface area contributed by atoms with Crippen molar-refractivity contribution in [3.05, 3.63) is 88.2 Å². The smallest absolute Gasteiger partial charge is 0.338 e. The van der Waals surface area contributed by atoms with E-state index >= 15 is 0 Å². The minimum atomic E-state index is -0.732. The fraction of sp³-hybridized carbons (Fsp3) is 0.308. The predicted octanol–water partition coefficient (Wildman–Crippen LogP) is 3.59. The van der Waals surface area contributed by atoms with Gasteiger partial charge in [-0.1, -0.05) is 37.3 Å². The quantitative estimate of drug-likeness (QED) is 0.473. The van der Waals surface area contributed by atoms with Gasteiger partial charge in [-0.05, 0) is 60.5 Å². The Kier molecular flexibility index (Phi) is 7.18. The molecule has 35 heavy (non-hydrogen) atoms. The van der Waals surface area contributed by atoms with Crippen LogP contribution in [0, 0.1) is 12.8 Å². The number of hydrogen-bond acceptors (Lipinski definition) is 8. The van der Waals surface area contributed by atoms with Gasteiger partial charge in [-0.2, -0.15) is 0 Å². The number of carbonyl (C=O) groups excluding carboxylic acids is 2. The number of thiophene rings is 1. The van der Waals surface area contributed by atoms with Crippen LogP contribution in [0.15, 0.2) is 56.8 Å². The Morgan fingerprint density at radius 3 is 2.46 bits per heavy atom. The molecule has 0 bridgehead atoms. The van der Waals surface area contributed by atoms with Gasteiger partial charge >= 0.3 is 11.9 Å². The van der Waals surface area contributed by atoms with Crippen LogP contribution in [0.2, 0.25) is 0 Å². The van der Waals surface area contributed by atoms with Crippen molar-refractivity contribution in [2.45, 2.75) is 33.7 Å². The maximum atomic E-state index is 13.6. The largest absolute Gasteiger partial charge is 0.465 e. The SMILES string of the molecule is COC(=O)c1ccc(C2C(C(=O)OCC(C)C)=C(C)N=c3sc(=Cc4sccc4C)c(=O)n32)cc1. The molecule has 7 nitrogen and oxygen atoms in total. The predicted molar refractivity (Wildman–Crippen MR) is 136 cm³/mol. The summed E-state index contributed by atoms with van der Waals surface area (Å²) in [6.07, 6.45) is 1.87. The molecule has 1 aliphatic heterocycles. The first kappa shape index (κ1) is 24.8. The number of benzene rings is 1. The number of aryl methyl sites for hydroxylation is 1. The summed E-state index contributed by atoms with van der Waals surface area (Å²) in [4.78, 5) is 44.9. The van der Waals surface area contributed by atoms with Crippen LogP contribution in [-0.2, 0) is 14.3 Å². The zero-order chi connectivity index (χ0) is 25.3. The molecule has 0 N–H and O–H groups in total. The average Bonchev–Trinajstić information content (AvgIpc) is 3.38. The van der Waals surface area contributed by atoms with Crippen LogP contribution < -0.4 is 14.9 Å². The zero-order valence-electron chi connectivity index (χ0n) is 20.2. The average molecular weight is 511 g/mol. The van der Waals surface area contributed by atoms with Crippen molar-refractivity contribution in [2.75, 3.05) is 13.7 Å². The second kappa shape index (κ2) is 10.1. The van der Waals surface area contributed by atoms with E-state index in [0.29, 0.717) is 31.7 Å². The number of ether oxygens (including phenoxy) is 2. The number of thiazole rings is 1. The van der Waals surface area contributed by atoms with E-state index in [2.05, 4.69) is 4.99 Å². The molecule has 1 unspecified atom stereocenters. The Bertz CT molecular complexity index is 1490. The molecule has 0 spiro atoms. The zero-order valence-corrected chi connectivity index (χ0v) is 21.8. The van der Waals surface area contributed by atoms with Crippen LogP contribution in [0.5, 0.6) is 0 Å². The number of hydrogen-bond donors (Lipinski definition) is 0. The third-order valence-corrected chi connectivity index (χ3v) is 7.55. The first-order valence-electron chi connectivity index (χ1n) is 11.1. The van der Waals surface area contributed by atoms with Crippen molar-refractivity contribution in [2.24, 2.45) is 10.9 Å². The van der Waals surface area contributed by atoms with Gasteiger partial charge in [-0.15, -0.1) is 11.3 Å². The number of carbonyl (C=O) groups is 2. The molecular weight excluding hydrogens is 484 g/mol. The minimum absolute atomic E-state index is 0.160. The van der Waals surface area contributed by atoms with Gasteiger partial charge in [0.2, 0.25) is 0 Å². The van der Waals surface area contributed by atoms with E-state index in [-0.39, 0.29) is 18.1 Å². The highest BCUT2D eigenvalue weighted by Crippen LogP contribution is 2.31. The standard InChI is InChI=1S/C26H26N2O5S2/c1-14(2)13-33-25(31)21-16(4)27-26-28(22(21)17-6-8-18(9-7-17)24(30)32-5)23(29)20(35-26)12-19-15(3)10-11-34-19/h6-12,14,22H,13H2,1-5H3. The third-order valence-electron chi connectivity index (χ3n) is 5.60. The number of esters is 2. The molecule has 1 atom stereocenters. The minimum Gasteiger partial charge on any atom is -0.465 e. The number of fused-ring (bicyclic) bond motifs is 1. The molecule has 0 radical (unpaired) electrons. The maximum Gasteiger partial charge on any atom is 0.338 e. The lowest BCUT2D eigenvalue weighted by molar-refractivity contribution is -0.140. The number of aromatic nitrogens is 1. The fourth-order valence-electron chi connectivity index (χ4n) is 3.79. The lowest BCUT2D eigenvalue weighted by atomic mass is 9.95. The molecule has 3 heterocycles. The van der Waals surface area contributed by atoms with Crippen LogP contribution in [-0.4, -0.2) is 30.2 Å². The normalized spacial score (nSPS) is 15.7. The molecule has 0 fully saturated rings. The molecule has 0 saturated carbocycles. The Labute approximate surface area is 210 Å². The van der Waals surface area contributed by atoms with Gasteiger partial charge in [0.05, 0.1) is 41.1 Å². The van der Waals surface area contributed by atoms with E-state index in [1.807, 2.05) is 38.3 Å². The van der Waals surface area contributed by atoms with Gasteiger partial charge in [0, 0.05) is 4.88 Å². The summed E-state index contributed by atoms with van der Waals surface area (Å²) in [5.74, 6) is -0.812. The number of allylic oxidation sites excluding steroid dienone is 1. The monoisotopic (exact) mass is 510 g/mol. The van der Waals surface area contributed by atoms with Crippen molar-refractivity contribution in [1.29, 1.82) is 0 Å². The first-order chi connectivity index (χ1) is 16.7. The molecule has 0 aliphatic carbocycles. The van der Waals surface area contributed by atoms with Crippen LogP contribution in [0.1, 0.15) is 53.2 Å². The van der Waals surface area contributed by atoms with Gasteiger partial charge in [0.25, 0.3) is 5.56 Å². The Hall–Kier alpha value is -3.30. The topological polar surface area (TPSA) is 87.0 Å². The Morgan fingerprint density at radius 2 is 1.86 bits per heavy atom. The van der Waals surface area contributed by atoms with E-state index in [1.165, 1.54) is 18.4 Å². The molecule has 0 saturated heterocycles. The lowest BCUT2D eigenvalue weighted by Gasteiger charge is -2.25. The second-order valence-electron chi connectivity index (χ2n) is 8.66. The summed E-state index contributed by atoms with van der Waals surface area (Å²) in [5.41, 5.74) is 2.71. The van der Waals surface area contributed by atoms with E-state index in [4.69, 9.17) is 9.47 Å². The molecule has 1 aliphatic rings. The van der Waals surface area contributed by atoms with Crippen molar-refractivity contribution in [1.82, 2.24) is 4.57 Å². The molecule has 3 aromatic rings. The van der Waals surface area contributed by atoms with Crippen LogP contribution in [0.25, 0.3) is 6.08 Å². The van der Waals surface area contributed by atoms with Crippen molar-refractivity contribution < 1.29 is 19.1 Å².